The van der Waals surface area contributed by atoms with E-state index in [9.17, 15) is 19.0 Å². The second-order valence-electron chi connectivity index (χ2n) is 7.98. The fourth-order valence-electron chi connectivity index (χ4n) is 5.84. The van der Waals surface area contributed by atoms with Gasteiger partial charge in [0.1, 0.15) is 6.17 Å². The average molecular weight is 338 g/mol. The van der Waals surface area contributed by atoms with Crippen molar-refractivity contribution in [1.29, 1.82) is 0 Å². The minimum Gasteiger partial charge on any atom is -0.505 e. The molecule has 0 bridgehead atoms. The minimum absolute atomic E-state index is 0.00979. The summed E-state index contributed by atoms with van der Waals surface area (Å²) in [5.41, 5.74) is 0.957. The van der Waals surface area contributed by atoms with Gasteiger partial charge in [0, 0.05) is 18.4 Å². The van der Waals surface area contributed by atoms with Crippen LogP contribution >= 0.6 is 0 Å². The SMILES string of the molecule is CO[C@H]1C[C@@]2(C)C(C[C@@H](F)[C@@H]2O)C2CCc3c(ccc(O)c3F)C21. The van der Waals surface area contributed by atoms with Crippen molar-refractivity contribution in [2.45, 2.75) is 56.9 Å². The molecule has 7 atom stereocenters. The van der Waals surface area contributed by atoms with Crippen LogP contribution in [0, 0.1) is 23.1 Å². The molecule has 3 nitrogen and oxygen atoms in total. The summed E-state index contributed by atoms with van der Waals surface area (Å²) >= 11 is 0. The van der Waals surface area contributed by atoms with E-state index >= 15 is 0 Å². The van der Waals surface area contributed by atoms with Crippen LogP contribution in [0.5, 0.6) is 5.75 Å². The molecule has 3 unspecified atom stereocenters. The number of alkyl halides is 1. The second-order valence-corrected chi connectivity index (χ2v) is 7.98. The number of methoxy groups -OCH3 is 1. The number of aromatic hydroxyl groups is 1. The van der Waals surface area contributed by atoms with E-state index in [1.54, 1.807) is 13.2 Å². The van der Waals surface area contributed by atoms with Gasteiger partial charge in [-0.2, -0.15) is 0 Å². The molecule has 132 valence electrons. The van der Waals surface area contributed by atoms with Gasteiger partial charge in [-0.05, 0) is 54.7 Å². The van der Waals surface area contributed by atoms with E-state index < -0.39 is 23.5 Å². The number of phenols is 1. The monoisotopic (exact) mass is 338 g/mol. The largest absolute Gasteiger partial charge is 0.505 e. The Bertz CT molecular complexity index is 664. The Hall–Kier alpha value is -1.20. The molecule has 0 aliphatic heterocycles. The van der Waals surface area contributed by atoms with E-state index in [2.05, 4.69) is 0 Å². The highest BCUT2D eigenvalue weighted by atomic mass is 19.1. The van der Waals surface area contributed by atoms with Crippen molar-refractivity contribution >= 4 is 0 Å². The molecular weight excluding hydrogens is 314 g/mol. The Kier molecular flexibility index (Phi) is 3.66. The molecule has 0 spiro atoms. The maximum atomic E-state index is 14.3. The Balaban J connectivity index is 1.80. The Morgan fingerprint density at radius 3 is 2.79 bits per heavy atom. The first-order valence-electron chi connectivity index (χ1n) is 8.73. The van der Waals surface area contributed by atoms with Crippen molar-refractivity contribution in [2.75, 3.05) is 7.11 Å². The van der Waals surface area contributed by atoms with Crippen LogP contribution in [0.3, 0.4) is 0 Å². The topological polar surface area (TPSA) is 49.7 Å². The minimum atomic E-state index is -1.20. The predicted molar refractivity (Wildman–Crippen MR) is 85.1 cm³/mol. The van der Waals surface area contributed by atoms with Gasteiger partial charge < -0.3 is 14.9 Å². The molecule has 0 radical (unpaired) electrons. The van der Waals surface area contributed by atoms with Crippen molar-refractivity contribution in [2.24, 2.45) is 17.3 Å². The van der Waals surface area contributed by atoms with Crippen molar-refractivity contribution in [3.63, 3.8) is 0 Å². The second kappa shape index (κ2) is 5.40. The summed E-state index contributed by atoms with van der Waals surface area (Å²) in [6.45, 7) is 1.97. The highest BCUT2D eigenvalue weighted by Gasteiger charge is 2.61. The molecule has 24 heavy (non-hydrogen) atoms. The molecule has 4 rings (SSSR count). The molecule has 1 aromatic rings. The van der Waals surface area contributed by atoms with Gasteiger partial charge in [0.05, 0.1) is 12.2 Å². The first kappa shape index (κ1) is 16.3. The molecule has 2 saturated carbocycles. The molecule has 0 saturated heterocycles. The number of fused-ring (bicyclic) bond motifs is 5. The quantitative estimate of drug-likeness (QED) is 0.826. The molecule has 2 N–H and O–H groups in total. The predicted octanol–water partition coefficient (Wildman–Crippen LogP) is 3.32. The van der Waals surface area contributed by atoms with Gasteiger partial charge in [0.25, 0.3) is 0 Å². The molecule has 0 aromatic heterocycles. The Morgan fingerprint density at radius 2 is 2.08 bits per heavy atom. The van der Waals surface area contributed by atoms with Crippen LogP contribution in [0.15, 0.2) is 12.1 Å². The van der Waals surface area contributed by atoms with E-state index in [0.29, 0.717) is 24.8 Å². The van der Waals surface area contributed by atoms with Crippen LogP contribution in [-0.4, -0.2) is 35.7 Å². The van der Waals surface area contributed by atoms with E-state index in [-0.39, 0.29) is 29.6 Å². The molecular formula is C19H24F2O3. The fraction of sp³-hybridized carbons (Fsp3) is 0.684. The number of hydrogen-bond acceptors (Lipinski definition) is 3. The number of hydrogen-bond donors (Lipinski definition) is 2. The van der Waals surface area contributed by atoms with Crippen molar-refractivity contribution in [3.05, 3.63) is 29.1 Å². The van der Waals surface area contributed by atoms with Gasteiger partial charge in [-0.15, -0.1) is 0 Å². The standard InChI is InChI=1S/C19H24F2O3/c1-19-8-15(24-2)16-9-5-6-14(22)17(21)10(9)3-4-11(16)12(19)7-13(20)18(19)23/h5-6,11-13,15-16,18,22-23H,3-4,7-8H2,1-2H3/t11?,12?,13-,15+,16?,18+,19+/m1/s1. The maximum absolute atomic E-state index is 14.3. The third kappa shape index (κ3) is 2.00. The zero-order valence-corrected chi connectivity index (χ0v) is 14.0. The third-order valence-electron chi connectivity index (χ3n) is 7.01. The normalized spacial score (nSPS) is 43.9. The number of halogens is 2. The van der Waals surface area contributed by atoms with Crippen LogP contribution in [0.4, 0.5) is 8.78 Å². The van der Waals surface area contributed by atoms with E-state index in [1.807, 2.05) is 6.92 Å². The average Bonchev–Trinajstić information content (AvgIpc) is 2.80. The lowest BCUT2D eigenvalue weighted by Gasteiger charge is -2.52. The number of phenolic OH excluding ortho intramolecular Hbond substituents is 1. The van der Waals surface area contributed by atoms with Gasteiger partial charge >= 0.3 is 0 Å². The van der Waals surface area contributed by atoms with Crippen LogP contribution < -0.4 is 0 Å². The van der Waals surface area contributed by atoms with Crippen molar-refractivity contribution in [3.8, 4) is 5.75 Å². The van der Waals surface area contributed by atoms with Gasteiger partial charge in [0.2, 0.25) is 0 Å². The van der Waals surface area contributed by atoms with Crippen LogP contribution in [0.2, 0.25) is 0 Å². The zero-order valence-electron chi connectivity index (χ0n) is 14.0. The smallest absolute Gasteiger partial charge is 0.168 e. The summed E-state index contributed by atoms with van der Waals surface area (Å²) < 4.78 is 34.4. The lowest BCUT2D eigenvalue weighted by atomic mass is 9.54. The summed E-state index contributed by atoms with van der Waals surface area (Å²) in [5.74, 6) is -0.625. The van der Waals surface area contributed by atoms with E-state index in [0.717, 1.165) is 12.0 Å². The number of ether oxygens (including phenoxy) is 1. The first-order chi connectivity index (χ1) is 11.4. The lowest BCUT2D eigenvalue weighted by Crippen LogP contribution is -2.51. The van der Waals surface area contributed by atoms with Crippen molar-refractivity contribution < 1.29 is 23.7 Å². The highest BCUT2D eigenvalue weighted by Crippen LogP contribution is 2.62. The lowest BCUT2D eigenvalue weighted by molar-refractivity contribution is -0.0979. The summed E-state index contributed by atoms with van der Waals surface area (Å²) in [6, 6.07) is 3.19. The van der Waals surface area contributed by atoms with Gasteiger partial charge in [0.15, 0.2) is 11.6 Å². The molecule has 3 aliphatic carbocycles. The fourth-order valence-corrected chi connectivity index (χ4v) is 5.84. The Morgan fingerprint density at radius 1 is 1.33 bits per heavy atom. The van der Waals surface area contributed by atoms with E-state index in [4.69, 9.17) is 4.74 Å². The first-order valence-corrected chi connectivity index (χ1v) is 8.73. The Labute approximate surface area is 140 Å². The number of aliphatic hydroxyl groups excluding tert-OH is 1. The van der Waals surface area contributed by atoms with Crippen LogP contribution in [0.25, 0.3) is 0 Å². The molecule has 5 heteroatoms. The summed E-state index contributed by atoms with van der Waals surface area (Å²) in [6.07, 6.45) is -0.138. The third-order valence-corrected chi connectivity index (χ3v) is 7.01. The molecule has 0 heterocycles. The highest BCUT2D eigenvalue weighted by molar-refractivity contribution is 5.42. The van der Waals surface area contributed by atoms with Gasteiger partial charge in [-0.3, -0.25) is 0 Å². The summed E-state index contributed by atoms with van der Waals surface area (Å²) in [5, 5.41) is 20.1. The molecule has 3 aliphatic rings. The number of benzene rings is 1. The summed E-state index contributed by atoms with van der Waals surface area (Å²) in [7, 11) is 1.63. The number of rotatable bonds is 1. The van der Waals surface area contributed by atoms with Gasteiger partial charge in [-0.25, -0.2) is 8.78 Å². The molecule has 1 aromatic carbocycles. The van der Waals surface area contributed by atoms with E-state index in [1.165, 1.54) is 6.07 Å². The molecule has 2 fully saturated rings. The van der Waals surface area contributed by atoms with Crippen molar-refractivity contribution in [1.82, 2.24) is 0 Å². The van der Waals surface area contributed by atoms with Gasteiger partial charge in [-0.1, -0.05) is 13.0 Å². The van der Waals surface area contributed by atoms with Crippen LogP contribution in [-0.2, 0) is 11.2 Å². The summed E-state index contributed by atoms with van der Waals surface area (Å²) in [4.78, 5) is 0. The zero-order chi connectivity index (χ0) is 17.2. The molecule has 0 amide bonds. The van der Waals surface area contributed by atoms with Crippen LogP contribution in [0.1, 0.15) is 43.2 Å². The maximum Gasteiger partial charge on any atom is 0.168 e. The number of aliphatic hydroxyl groups is 1.